The lowest BCUT2D eigenvalue weighted by atomic mass is 9.53. The number of piperidine rings is 1. The molecule has 1 unspecified atom stereocenters. The lowest BCUT2D eigenvalue weighted by Crippen LogP contribution is -2.58. The van der Waals surface area contributed by atoms with Crippen molar-refractivity contribution in [2.45, 2.75) is 86.7 Å². The van der Waals surface area contributed by atoms with E-state index in [1.807, 2.05) is 18.2 Å². The molecule has 0 radical (unpaired) electrons. The predicted molar refractivity (Wildman–Crippen MR) is 151 cm³/mol. The molecule has 0 aromatic heterocycles. The molecule has 4 saturated carbocycles. The summed E-state index contributed by atoms with van der Waals surface area (Å²) in [6.45, 7) is 1.21. The minimum atomic E-state index is -0.598. The quantitative estimate of drug-likeness (QED) is 0.346. The summed E-state index contributed by atoms with van der Waals surface area (Å²) in [5.74, 6) is 2.71. The van der Waals surface area contributed by atoms with Gasteiger partial charge in [-0.25, -0.2) is 0 Å². The highest BCUT2D eigenvalue weighted by molar-refractivity contribution is 7.98. The van der Waals surface area contributed by atoms with Crippen LogP contribution in [0.4, 0.5) is 0 Å². The van der Waals surface area contributed by atoms with Gasteiger partial charge in [0.05, 0.1) is 0 Å². The van der Waals surface area contributed by atoms with Crippen LogP contribution in [0.25, 0.3) is 0 Å². The van der Waals surface area contributed by atoms with Gasteiger partial charge < -0.3 is 10.2 Å². The van der Waals surface area contributed by atoms with E-state index in [0.29, 0.717) is 24.1 Å². The Bertz CT molecular complexity index is 1330. The van der Waals surface area contributed by atoms with Crippen molar-refractivity contribution in [1.29, 1.82) is 0 Å². The zero-order valence-corrected chi connectivity index (χ0v) is 23.6. The van der Waals surface area contributed by atoms with E-state index in [2.05, 4.69) is 28.8 Å². The molecular formula is C31H34ClN3O3S. The summed E-state index contributed by atoms with van der Waals surface area (Å²) >= 11 is 8.47. The SMILES string of the molecule is O=C1CCC(N2Cc3c(SCc4ccc(CNC56CC7CC(CC(C7)C5)C6)c(Cl)c4)cccc3C2=O)C(=O)N1. The first kappa shape index (κ1) is 25.6. The number of imide groups is 1. The highest BCUT2D eigenvalue weighted by Crippen LogP contribution is 2.55. The van der Waals surface area contributed by atoms with Gasteiger partial charge in [-0.2, -0.15) is 0 Å². The number of halogens is 1. The van der Waals surface area contributed by atoms with Crippen LogP contribution in [0.1, 0.15) is 78.4 Å². The zero-order valence-electron chi connectivity index (χ0n) is 22.0. The number of benzene rings is 2. The number of thioether (sulfide) groups is 1. The summed E-state index contributed by atoms with van der Waals surface area (Å²) in [6.07, 6.45) is 8.95. The molecule has 2 heterocycles. The average Bonchev–Trinajstić information content (AvgIpc) is 3.23. The molecule has 2 aromatic carbocycles. The third kappa shape index (κ3) is 4.81. The Balaban J connectivity index is 0.997. The third-order valence-electron chi connectivity index (χ3n) is 9.74. The minimum Gasteiger partial charge on any atom is -0.322 e. The van der Waals surface area contributed by atoms with Crippen LogP contribution < -0.4 is 10.6 Å². The molecular weight excluding hydrogens is 530 g/mol. The molecule has 6 nitrogen and oxygen atoms in total. The van der Waals surface area contributed by atoms with E-state index in [1.165, 1.54) is 38.5 Å². The van der Waals surface area contributed by atoms with Crippen LogP contribution in [-0.2, 0) is 28.4 Å². The molecule has 4 bridgehead atoms. The fourth-order valence-electron chi connectivity index (χ4n) is 8.29. The van der Waals surface area contributed by atoms with Crippen LogP contribution in [0.15, 0.2) is 41.3 Å². The summed E-state index contributed by atoms with van der Waals surface area (Å²) in [5, 5.41) is 7.14. The zero-order chi connectivity index (χ0) is 26.7. The largest absolute Gasteiger partial charge is 0.322 e. The molecule has 5 fully saturated rings. The van der Waals surface area contributed by atoms with Crippen LogP contribution in [0.2, 0.25) is 5.02 Å². The first-order chi connectivity index (χ1) is 18.9. The van der Waals surface area contributed by atoms with Crippen molar-refractivity contribution in [1.82, 2.24) is 15.5 Å². The average molecular weight is 564 g/mol. The van der Waals surface area contributed by atoms with Gasteiger partial charge in [0.15, 0.2) is 0 Å². The van der Waals surface area contributed by atoms with Crippen molar-refractivity contribution in [3.63, 3.8) is 0 Å². The van der Waals surface area contributed by atoms with Crippen molar-refractivity contribution >= 4 is 41.1 Å². The van der Waals surface area contributed by atoms with Gasteiger partial charge in [0.25, 0.3) is 5.91 Å². The minimum absolute atomic E-state index is 0.138. The summed E-state index contributed by atoms with van der Waals surface area (Å²) in [6, 6.07) is 11.6. The standard InChI is InChI=1S/C31H34ClN3O3S/c32-25-11-18(4-5-22(25)15-33-31-12-19-8-20(13-31)10-21(9-19)14-31)17-39-27-3-1-2-23-24(27)16-35(30(23)38)26-6-7-28(36)34-29(26)37/h1-5,11,19-21,26,33H,6-10,12-17H2,(H,34,36,37). The van der Waals surface area contributed by atoms with Gasteiger partial charge in [-0.05, 0) is 97.6 Å². The van der Waals surface area contributed by atoms with E-state index in [1.54, 1.807) is 16.7 Å². The summed E-state index contributed by atoms with van der Waals surface area (Å²) < 4.78 is 0. The molecule has 8 heteroatoms. The van der Waals surface area contributed by atoms with Crippen molar-refractivity contribution in [3.05, 3.63) is 63.7 Å². The van der Waals surface area contributed by atoms with E-state index in [-0.39, 0.29) is 24.1 Å². The summed E-state index contributed by atoms with van der Waals surface area (Å²) in [7, 11) is 0. The van der Waals surface area contributed by atoms with Crippen LogP contribution in [0.5, 0.6) is 0 Å². The van der Waals surface area contributed by atoms with Gasteiger partial charge in [0.2, 0.25) is 11.8 Å². The maximum absolute atomic E-state index is 13.1. The molecule has 1 atom stereocenters. The molecule has 3 amide bonds. The number of nitrogens with one attached hydrogen (secondary N) is 2. The monoisotopic (exact) mass is 563 g/mol. The number of carbonyl (C=O) groups is 3. The lowest BCUT2D eigenvalue weighted by molar-refractivity contribution is -0.136. The van der Waals surface area contributed by atoms with Crippen LogP contribution in [0.3, 0.4) is 0 Å². The summed E-state index contributed by atoms with van der Waals surface area (Å²) in [5.41, 5.74) is 4.23. The van der Waals surface area contributed by atoms with Gasteiger partial charge in [-0.1, -0.05) is 29.8 Å². The first-order valence-electron chi connectivity index (χ1n) is 14.3. The molecule has 1 saturated heterocycles. The van der Waals surface area contributed by atoms with Gasteiger partial charge in [-0.3, -0.25) is 19.7 Å². The molecule has 2 aromatic rings. The van der Waals surface area contributed by atoms with Crippen molar-refractivity contribution in [2.24, 2.45) is 17.8 Å². The second-order valence-corrected chi connectivity index (χ2v) is 13.9. The number of nitrogens with zero attached hydrogens (tertiary/aromatic N) is 1. The molecule has 4 aliphatic carbocycles. The van der Waals surface area contributed by atoms with E-state index in [0.717, 1.165) is 56.7 Å². The Kier molecular flexibility index (Phi) is 6.52. The molecule has 6 aliphatic rings. The molecule has 39 heavy (non-hydrogen) atoms. The Hall–Kier alpha value is -2.35. The van der Waals surface area contributed by atoms with E-state index >= 15 is 0 Å². The number of carbonyl (C=O) groups excluding carboxylic acids is 3. The maximum atomic E-state index is 13.1. The van der Waals surface area contributed by atoms with Crippen LogP contribution in [-0.4, -0.2) is 34.2 Å². The smallest absolute Gasteiger partial charge is 0.255 e. The molecule has 8 rings (SSSR count). The van der Waals surface area contributed by atoms with Gasteiger partial charge >= 0.3 is 0 Å². The molecule has 2 aliphatic heterocycles. The predicted octanol–water partition coefficient (Wildman–Crippen LogP) is 5.45. The Labute approximate surface area is 238 Å². The fourth-order valence-corrected chi connectivity index (χ4v) is 9.58. The van der Waals surface area contributed by atoms with Crippen LogP contribution >= 0.6 is 23.4 Å². The highest BCUT2D eigenvalue weighted by Gasteiger charge is 2.50. The lowest BCUT2D eigenvalue weighted by Gasteiger charge is -2.57. The summed E-state index contributed by atoms with van der Waals surface area (Å²) in [4.78, 5) is 39.7. The number of fused-ring (bicyclic) bond motifs is 1. The number of amides is 3. The molecule has 204 valence electrons. The highest BCUT2D eigenvalue weighted by atomic mass is 35.5. The van der Waals surface area contributed by atoms with E-state index < -0.39 is 6.04 Å². The third-order valence-corrected chi connectivity index (χ3v) is 11.3. The maximum Gasteiger partial charge on any atom is 0.255 e. The number of rotatable bonds is 7. The number of hydrogen-bond donors (Lipinski definition) is 2. The topological polar surface area (TPSA) is 78.5 Å². The van der Waals surface area contributed by atoms with E-state index in [9.17, 15) is 14.4 Å². The van der Waals surface area contributed by atoms with Gasteiger partial charge in [-0.15, -0.1) is 11.8 Å². The fraction of sp³-hybridized carbons (Fsp3) is 0.516. The normalized spacial score (nSPS) is 31.1. The second-order valence-electron chi connectivity index (χ2n) is 12.4. The van der Waals surface area contributed by atoms with E-state index in [4.69, 9.17) is 11.6 Å². The Morgan fingerprint density at radius 3 is 2.46 bits per heavy atom. The van der Waals surface area contributed by atoms with Crippen LogP contribution in [0, 0.1) is 17.8 Å². The van der Waals surface area contributed by atoms with Gasteiger partial charge in [0.1, 0.15) is 6.04 Å². The Morgan fingerprint density at radius 2 is 1.77 bits per heavy atom. The van der Waals surface area contributed by atoms with Crippen molar-refractivity contribution < 1.29 is 14.4 Å². The van der Waals surface area contributed by atoms with Gasteiger partial charge in [0, 0.05) is 46.3 Å². The van der Waals surface area contributed by atoms with Crippen molar-refractivity contribution in [3.8, 4) is 0 Å². The van der Waals surface area contributed by atoms with Crippen molar-refractivity contribution in [2.75, 3.05) is 0 Å². The molecule has 0 spiro atoms. The molecule has 2 N–H and O–H groups in total. The second kappa shape index (κ2) is 9.93. The first-order valence-corrected chi connectivity index (χ1v) is 15.6. The Morgan fingerprint density at radius 1 is 1.03 bits per heavy atom. The number of hydrogen-bond acceptors (Lipinski definition) is 5.